The standard InChI is InChI=1S/C13H12N2O4/c16-13(17)5-9-6-14-12(15-9)4-8-1-2-10-11(3-8)19-7-18-10/h1-3,6H,4-5,7H2,(H,14,15)(H,16,17). The summed E-state index contributed by atoms with van der Waals surface area (Å²) in [5.74, 6) is 1.33. The van der Waals surface area contributed by atoms with Crippen LogP contribution in [-0.4, -0.2) is 27.8 Å². The number of nitrogens with zero attached hydrogens (tertiary/aromatic N) is 1. The van der Waals surface area contributed by atoms with Gasteiger partial charge in [-0.1, -0.05) is 6.07 Å². The van der Waals surface area contributed by atoms with Crippen molar-refractivity contribution in [1.29, 1.82) is 0 Å². The fourth-order valence-electron chi connectivity index (χ4n) is 1.99. The van der Waals surface area contributed by atoms with Crippen LogP contribution in [0.25, 0.3) is 0 Å². The molecule has 0 amide bonds. The molecule has 3 rings (SSSR count). The molecule has 0 saturated carbocycles. The molecule has 0 unspecified atom stereocenters. The summed E-state index contributed by atoms with van der Waals surface area (Å²) in [6, 6.07) is 5.70. The zero-order valence-corrected chi connectivity index (χ0v) is 10.0. The smallest absolute Gasteiger partial charge is 0.309 e. The number of carboxylic acid groups (broad SMARTS) is 1. The highest BCUT2D eigenvalue weighted by Gasteiger charge is 2.14. The molecule has 0 radical (unpaired) electrons. The van der Waals surface area contributed by atoms with Gasteiger partial charge < -0.3 is 19.6 Å². The maximum atomic E-state index is 10.6. The van der Waals surface area contributed by atoms with Gasteiger partial charge in [0.25, 0.3) is 0 Å². The quantitative estimate of drug-likeness (QED) is 0.867. The van der Waals surface area contributed by atoms with E-state index in [9.17, 15) is 4.79 Å². The Hall–Kier alpha value is -2.50. The number of fused-ring (bicyclic) bond motifs is 1. The Balaban J connectivity index is 1.74. The third-order valence-corrected chi connectivity index (χ3v) is 2.83. The SMILES string of the molecule is O=C(O)Cc1cnc(Cc2ccc3c(c2)OCO3)[nH]1. The van der Waals surface area contributed by atoms with Crippen LogP contribution in [0.4, 0.5) is 0 Å². The lowest BCUT2D eigenvalue weighted by molar-refractivity contribution is -0.136. The van der Waals surface area contributed by atoms with Gasteiger partial charge in [-0.05, 0) is 17.7 Å². The molecule has 2 aromatic rings. The third kappa shape index (κ3) is 2.52. The Morgan fingerprint density at radius 2 is 2.21 bits per heavy atom. The van der Waals surface area contributed by atoms with E-state index in [0.717, 1.165) is 22.9 Å². The average Bonchev–Trinajstić information content (AvgIpc) is 2.97. The molecule has 19 heavy (non-hydrogen) atoms. The van der Waals surface area contributed by atoms with E-state index in [2.05, 4.69) is 9.97 Å². The number of hydrogen-bond donors (Lipinski definition) is 2. The summed E-state index contributed by atoms with van der Waals surface area (Å²) in [5, 5.41) is 8.69. The van der Waals surface area contributed by atoms with Gasteiger partial charge in [-0.2, -0.15) is 0 Å². The van der Waals surface area contributed by atoms with Crippen LogP contribution < -0.4 is 9.47 Å². The zero-order valence-electron chi connectivity index (χ0n) is 10.0. The minimum absolute atomic E-state index is 0.0475. The van der Waals surface area contributed by atoms with E-state index in [4.69, 9.17) is 14.6 Å². The number of benzene rings is 1. The molecule has 1 aromatic heterocycles. The number of aliphatic carboxylic acids is 1. The number of rotatable bonds is 4. The van der Waals surface area contributed by atoms with E-state index < -0.39 is 5.97 Å². The number of nitrogens with one attached hydrogen (secondary N) is 1. The number of ether oxygens (including phenoxy) is 2. The molecule has 0 aliphatic carbocycles. The minimum atomic E-state index is -0.877. The van der Waals surface area contributed by atoms with Crippen molar-refractivity contribution in [3.63, 3.8) is 0 Å². The molecule has 0 spiro atoms. The summed E-state index contributed by atoms with van der Waals surface area (Å²) in [4.78, 5) is 17.7. The largest absolute Gasteiger partial charge is 0.481 e. The lowest BCUT2D eigenvalue weighted by Gasteiger charge is -2.01. The van der Waals surface area contributed by atoms with Crippen molar-refractivity contribution in [2.45, 2.75) is 12.8 Å². The van der Waals surface area contributed by atoms with E-state index in [1.54, 1.807) is 6.20 Å². The highest BCUT2D eigenvalue weighted by atomic mass is 16.7. The van der Waals surface area contributed by atoms with Crippen LogP contribution in [0.2, 0.25) is 0 Å². The number of H-pyrrole nitrogens is 1. The summed E-state index contributed by atoms with van der Waals surface area (Å²) in [7, 11) is 0. The number of carboxylic acids is 1. The Morgan fingerprint density at radius 1 is 1.37 bits per heavy atom. The molecule has 2 heterocycles. The molecule has 1 aliphatic rings. The molecule has 6 nitrogen and oxygen atoms in total. The number of imidazole rings is 1. The van der Waals surface area contributed by atoms with Crippen molar-refractivity contribution in [2.24, 2.45) is 0 Å². The van der Waals surface area contributed by atoms with Crippen LogP contribution >= 0.6 is 0 Å². The van der Waals surface area contributed by atoms with Gasteiger partial charge in [0.2, 0.25) is 6.79 Å². The average molecular weight is 260 g/mol. The van der Waals surface area contributed by atoms with Gasteiger partial charge >= 0.3 is 5.97 Å². The fraction of sp³-hybridized carbons (Fsp3) is 0.231. The summed E-state index contributed by atoms with van der Waals surface area (Å²) in [6.45, 7) is 0.252. The molecule has 98 valence electrons. The van der Waals surface area contributed by atoms with Crippen molar-refractivity contribution >= 4 is 5.97 Å². The summed E-state index contributed by atoms with van der Waals surface area (Å²) < 4.78 is 10.5. The van der Waals surface area contributed by atoms with E-state index in [1.165, 1.54) is 0 Å². The van der Waals surface area contributed by atoms with Crippen molar-refractivity contribution in [1.82, 2.24) is 9.97 Å². The maximum Gasteiger partial charge on any atom is 0.309 e. The van der Waals surface area contributed by atoms with Crippen molar-refractivity contribution in [2.75, 3.05) is 6.79 Å². The molecule has 6 heteroatoms. The van der Waals surface area contributed by atoms with Crippen LogP contribution in [0, 0.1) is 0 Å². The molecule has 0 saturated heterocycles. The Labute approximate surface area is 109 Å². The van der Waals surface area contributed by atoms with E-state index in [-0.39, 0.29) is 13.2 Å². The van der Waals surface area contributed by atoms with Gasteiger partial charge in [0.1, 0.15) is 5.82 Å². The summed E-state index contributed by atoms with van der Waals surface area (Å²) in [6.07, 6.45) is 2.10. The summed E-state index contributed by atoms with van der Waals surface area (Å²) >= 11 is 0. The van der Waals surface area contributed by atoms with Crippen molar-refractivity contribution < 1.29 is 19.4 Å². The molecular formula is C13H12N2O4. The first-order valence-corrected chi connectivity index (χ1v) is 5.84. The van der Waals surface area contributed by atoms with Crippen LogP contribution in [0.3, 0.4) is 0 Å². The molecule has 1 aromatic carbocycles. The monoisotopic (exact) mass is 260 g/mol. The molecule has 0 fully saturated rings. The lowest BCUT2D eigenvalue weighted by Crippen LogP contribution is -2.00. The Kier molecular flexibility index (Phi) is 2.83. The maximum absolute atomic E-state index is 10.6. The molecule has 0 bridgehead atoms. The van der Waals surface area contributed by atoms with Gasteiger partial charge in [0.15, 0.2) is 11.5 Å². The Bertz CT molecular complexity index is 621. The van der Waals surface area contributed by atoms with Gasteiger partial charge in [0, 0.05) is 18.3 Å². The number of hydrogen-bond acceptors (Lipinski definition) is 4. The Morgan fingerprint density at radius 3 is 3.05 bits per heavy atom. The second kappa shape index (κ2) is 4.64. The molecule has 1 aliphatic heterocycles. The summed E-state index contributed by atoms with van der Waals surface area (Å²) in [5.41, 5.74) is 1.63. The van der Waals surface area contributed by atoms with Crippen LogP contribution in [0.1, 0.15) is 17.1 Å². The fourth-order valence-corrected chi connectivity index (χ4v) is 1.99. The first-order valence-electron chi connectivity index (χ1n) is 5.84. The van der Waals surface area contributed by atoms with Crippen LogP contribution in [0.15, 0.2) is 24.4 Å². The van der Waals surface area contributed by atoms with Crippen molar-refractivity contribution in [3.05, 3.63) is 41.5 Å². The minimum Gasteiger partial charge on any atom is -0.481 e. The first kappa shape index (κ1) is 11.6. The number of aromatic nitrogens is 2. The van der Waals surface area contributed by atoms with E-state index >= 15 is 0 Å². The molecule has 2 N–H and O–H groups in total. The lowest BCUT2D eigenvalue weighted by atomic mass is 10.1. The van der Waals surface area contributed by atoms with Crippen LogP contribution in [0.5, 0.6) is 11.5 Å². The second-order valence-corrected chi connectivity index (χ2v) is 4.29. The predicted molar refractivity (Wildman–Crippen MR) is 65.3 cm³/mol. The highest BCUT2D eigenvalue weighted by Crippen LogP contribution is 2.32. The van der Waals surface area contributed by atoms with Gasteiger partial charge in [0.05, 0.1) is 6.42 Å². The predicted octanol–water partition coefficient (Wildman–Crippen LogP) is 1.36. The first-order chi connectivity index (χ1) is 9.20. The number of carbonyl (C=O) groups is 1. The number of aromatic amines is 1. The van der Waals surface area contributed by atoms with E-state index in [0.29, 0.717) is 12.1 Å². The highest BCUT2D eigenvalue weighted by molar-refractivity contribution is 5.69. The van der Waals surface area contributed by atoms with Gasteiger partial charge in [-0.25, -0.2) is 4.98 Å². The van der Waals surface area contributed by atoms with Gasteiger partial charge in [-0.3, -0.25) is 4.79 Å². The van der Waals surface area contributed by atoms with Crippen molar-refractivity contribution in [3.8, 4) is 11.5 Å². The topological polar surface area (TPSA) is 84.4 Å². The van der Waals surface area contributed by atoms with Crippen LogP contribution in [-0.2, 0) is 17.6 Å². The second-order valence-electron chi connectivity index (χ2n) is 4.29. The van der Waals surface area contributed by atoms with Gasteiger partial charge in [-0.15, -0.1) is 0 Å². The molecule has 0 atom stereocenters. The zero-order chi connectivity index (χ0) is 13.2. The van der Waals surface area contributed by atoms with E-state index in [1.807, 2.05) is 18.2 Å². The third-order valence-electron chi connectivity index (χ3n) is 2.83. The normalized spacial score (nSPS) is 12.6. The molecular weight excluding hydrogens is 248 g/mol.